The Hall–Kier alpha value is -4.14. The van der Waals surface area contributed by atoms with E-state index in [9.17, 15) is 0 Å². The largest absolute Gasteiger partial charge is 0.481 e. The summed E-state index contributed by atoms with van der Waals surface area (Å²) in [6, 6.07) is 25.8. The van der Waals surface area contributed by atoms with Crippen LogP contribution in [-0.2, 0) is 0 Å². The summed E-state index contributed by atoms with van der Waals surface area (Å²) in [5, 5.41) is 2.43. The van der Waals surface area contributed by atoms with Crippen LogP contribution in [0.2, 0.25) is 0 Å². The predicted molar refractivity (Wildman–Crippen MR) is 154 cm³/mol. The van der Waals surface area contributed by atoms with Gasteiger partial charge in [-0.2, -0.15) is 0 Å². The molecular weight excluding hydrogens is 456 g/mol. The van der Waals surface area contributed by atoms with E-state index in [1.807, 2.05) is 12.1 Å². The molecule has 1 aliphatic rings. The first kappa shape index (κ1) is 23.3. The second-order valence-corrected chi connectivity index (χ2v) is 9.79. The topological polar surface area (TPSA) is 47.3 Å². The molecular formula is C32H32N4O. The smallest absolute Gasteiger partial charge is 0.148 e. The van der Waals surface area contributed by atoms with Crippen molar-refractivity contribution in [3.05, 3.63) is 72.8 Å². The molecule has 37 heavy (non-hydrogen) atoms. The molecule has 0 amide bonds. The Morgan fingerprint density at radius 3 is 2.14 bits per heavy atom. The van der Waals surface area contributed by atoms with Crippen LogP contribution in [0.5, 0.6) is 5.75 Å². The Morgan fingerprint density at radius 2 is 1.43 bits per heavy atom. The molecule has 1 fully saturated rings. The van der Waals surface area contributed by atoms with Gasteiger partial charge in [-0.1, -0.05) is 31.0 Å². The van der Waals surface area contributed by atoms with Gasteiger partial charge in [-0.25, -0.2) is 0 Å². The fourth-order valence-corrected chi connectivity index (χ4v) is 5.32. The molecule has 3 aromatic carbocycles. The number of benzene rings is 3. The molecule has 0 unspecified atom stereocenters. The Bertz CT molecular complexity index is 1560. The molecule has 3 heterocycles. The number of nitrogens with zero attached hydrogens (tertiary/aromatic N) is 2. The number of anilines is 1. The quantitative estimate of drug-likeness (QED) is 0.256. The van der Waals surface area contributed by atoms with E-state index in [-0.39, 0.29) is 6.61 Å². The third-order valence-corrected chi connectivity index (χ3v) is 7.30. The molecule has 5 aromatic rings. The van der Waals surface area contributed by atoms with Crippen molar-refractivity contribution < 1.29 is 4.74 Å². The van der Waals surface area contributed by atoms with Gasteiger partial charge in [-0.15, -0.1) is 6.42 Å². The zero-order valence-corrected chi connectivity index (χ0v) is 21.3. The van der Waals surface area contributed by atoms with Gasteiger partial charge in [0, 0.05) is 70.6 Å². The first-order valence-corrected chi connectivity index (χ1v) is 13.1. The van der Waals surface area contributed by atoms with Gasteiger partial charge in [0.2, 0.25) is 0 Å². The molecule has 0 saturated carbocycles. The maximum Gasteiger partial charge on any atom is 0.148 e. The number of hydrogen-bond acceptors (Lipinski definition) is 3. The number of nitrogens with one attached hydrogen (secondary N) is 2. The normalized spacial score (nSPS) is 14.3. The average molecular weight is 489 g/mol. The minimum atomic E-state index is 0.277. The molecule has 0 spiro atoms. The van der Waals surface area contributed by atoms with E-state index in [1.165, 1.54) is 40.5 Å². The van der Waals surface area contributed by atoms with Crippen molar-refractivity contribution in [3.63, 3.8) is 0 Å². The highest BCUT2D eigenvalue weighted by Gasteiger charge is 2.17. The zero-order valence-electron chi connectivity index (χ0n) is 21.3. The highest BCUT2D eigenvalue weighted by molar-refractivity contribution is 5.92. The number of aromatic nitrogens is 2. The summed E-state index contributed by atoms with van der Waals surface area (Å²) in [4.78, 5) is 12.3. The van der Waals surface area contributed by atoms with Gasteiger partial charge < -0.3 is 19.6 Å². The van der Waals surface area contributed by atoms with Crippen LogP contribution in [0.1, 0.15) is 13.3 Å². The lowest BCUT2D eigenvalue weighted by Crippen LogP contribution is -2.46. The summed E-state index contributed by atoms with van der Waals surface area (Å²) in [6.45, 7) is 8.20. The number of H-pyrrole nitrogens is 2. The highest BCUT2D eigenvalue weighted by atomic mass is 16.5. The van der Waals surface area contributed by atoms with Crippen molar-refractivity contribution >= 4 is 27.5 Å². The molecule has 2 aromatic heterocycles. The Kier molecular flexibility index (Phi) is 6.34. The third-order valence-electron chi connectivity index (χ3n) is 7.30. The second kappa shape index (κ2) is 10.1. The van der Waals surface area contributed by atoms with Gasteiger partial charge in [0.15, 0.2) is 0 Å². The number of rotatable bonds is 7. The van der Waals surface area contributed by atoms with Crippen LogP contribution in [0.15, 0.2) is 72.8 Å². The molecule has 0 bridgehead atoms. The molecule has 1 saturated heterocycles. The molecule has 6 rings (SSSR count). The first-order valence-electron chi connectivity index (χ1n) is 13.1. The van der Waals surface area contributed by atoms with Crippen LogP contribution in [0.25, 0.3) is 44.3 Å². The number of aromatic amines is 2. The van der Waals surface area contributed by atoms with E-state index >= 15 is 0 Å². The van der Waals surface area contributed by atoms with E-state index in [0.717, 1.165) is 54.4 Å². The summed E-state index contributed by atoms with van der Waals surface area (Å²) in [5.41, 5.74) is 8.10. The number of terminal acetylenes is 1. The third kappa shape index (κ3) is 4.81. The molecule has 0 radical (unpaired) electrons. The van der Waals surface area contributed by atoms with Crippen LogP contribution < -0.4 is 9.64 Å². The summed E-state index contributed by atoms with van der Waals surface area (Å²) in [7, 11) is 0. The molecule has 1 aliphatic heterocycles. The van der Waals surface area contributed by atoms with Gasteiger partial charge >= 0.3 is 0 Å². The number of ether oxygens (including phenoxy) is 1. The molecule has 2 N–H and O–H groups in total. The van der Waals surface area contributed by atoms with E-state index in [4.69, 9.17) is 11.2 Å². The van der Waals surface area contributed by atoms with Crippen LogP contribution in [-0.4, -0.2) is 54.2 Å². The predicted octanol–water partition coefficient (Wildman–Crippen LogP) is 6.53. The zero-order chi connectivity index (χ0) is 25.2. The summed E-state index contributed by atoms with van der Waals surface area (Å²) >= 11 is 0. The number of piperazine rings is 1. The summed E-state index contributed by atoms with van der Waals surface area (Å²) in [5.74, 6) is 3.27. The van der Waals surface area contributed by atoms with Crippen LogP contribution >= 0.6 is 0 Å². The average Bonchev–Trinajstić information content (AvgIpc) is 3.56. The molecule has 5 nitrogen and oxygen atoms in total. The molecule has 0 atom stereocenters. The van der Waals surface area contributed by atoms with Crippen molar-refractivity contribution in [1.29, 1.82) is 0 Å². The van der Waals surface area contributed by atoms with Crippen molar-refractivity contribution in [2.45, 2.75) is 13.3 Å². The van der Waals surface area contributed by atoms with Gasteiger partial charge in [0.05, 0.1) is 0 Å². The lowest BCUT2D eigenvalue weighted by molar-refractivity contribution is 0.258. The van der Waals surface area contributed by atoms with Crippen molar-refractivity contribution in [1.82, 2.24) is 14.9 Å². The Morgan fingerprint density at radius 1 is 0.784 bits per heavy atom. The standard InChI is InChI=1S/C32H32N4O/c1-3-13-35-14-16-36(17-15-35)27-10-7-26-21-31(34-32(26)22-27)25-6-5-24-19-29(33-30(24)20-25)23-8-11-28(12-9-23)37-18-4-2/h2,5-12,19-22,33-34H,3,13-18H2,1H3. The molecule has 186 valence electrons. The Balaban J connectivity index is 1.22. The highest BCUT2D eigenvalue weighted by Crippen LogP contribution is 2.32. The van der Waals surface area contributed by atoms with E-state index in [1.54, 1.807) is 0 Å². The van der Waals surface area contributed by atoms with Crippen molar-refractivity contribution in [3.8, 4) is 40.6 Å². The fraction of sp³-hybridized carbons (Fsp3) is 0.250. The fourth-order valence-electron chi connectivity index (χ4n) is 5.32. The summed E-state index contributed by atoms with van der Waals surface area (Å²) in [6.07, 6.45) is 6.51. The monoisotopic (exact) mass is 488 g/mol. The van der Waals surface area contributed by atoms with Crippen molar-refractivity contribution in [2.24, 2.45) is 0 Å². The SMILES string of the molecule is C#CCOc1ccc(-c2cc3ccc(-c4cc5ccc(N6CCN(CCC)CC6)cc5[nH]4)cc3[nH]2)cc1. The van der Waals surface area contributed by atoms with E-state index < -0.39 is 0 Å². The number of fused-ring (bicyclic) bond motifs is 2. The lowest BCUT2D eigenvalue weighted by Gasteiger charge is -2.36. The maximum absolute atomic E-state index is 5.50. The minimum Gasteiger partial charge on any atom is -0.481 e. The first-order chi connectivity index (χ1) is 18.2. The van der Waals surface area contributed by atoms with E-state index in [2.05, 4.69) is 93.3 Å². The van der Waals surface area contributed by atoms with Gasteiger partial charge in [0.25, 0.3) is 0 Å². The van der Waals surface area contributed by atoms with E-state index in [0.29, 0.717) is 0 Å². The van der Waals surface area contributed by atoms with Gasteiger partial charge in [-0.3, -0.25) is 4.90 Å². The minimum absolute atomic E-state index is 0.277. The molecule has 5 heteroatoms. The Labute approximate surface area is 218 Å². The second-order valence-electron chi connectivity index (χ2n) is 9.79. The molecule has 0 aliphatic carbocycles. The maximum atomic E-state index is 5.50. The van der Waals surface area contributed by atoms with Gasteiger partial charge in [-0.05, 0) is 73.1 Å². The lowest BCUT2D eigenvalue weighted by atomic mass is 10.1. The van der Waals surface area contributed by atoms with Crippen molar-refractivity contribution in [2.75, 3.05) is 44.2 Å². The van der Waals surface area contributed by atoms with Gasteiger partial charge in [0.1, 0.15) is 12.4 Å². The number of hydrogen-bond donors (Lipinski definition) is 2. The van der Waals surface area contributed by atoms with Crippen LogP contribution in [0.3, 0.4) is 0 Å². The summed E-state index contributed by atoms with van der Waals surface area (Å²) < 4.78 is 5.50. The van der Waals surface area contributed by atoms with Crippen LogP contribution in [0, 0.1) is 12.3 Å². The van der Waals surface area contributed by atoms with Crippen LogP contribution in [0.4, 0.5) is 5.69 Å².